The Morgan fingerprint density at radius 3 is 1.40 bits per heavy atom. The molecule has 0 spiro atoms. The highest BCUT2D eigenvalue weighted by atomic mass is 32.2. The minimum absolute atomic E-state index is 0.0488. The number of benzene rings is 3. The smallest absolute Gasteiger partial charge is 0.185 e. The fourth-order valence-corrected chi connectivity index (χ4v) is 13.3. The molecule has 0 saturated carbocycles. The van der Waals surface area contributed by atoms with Gasteiger partial charge in [0.05, 0.1) is 17.3 Å². The Bertz CT molecular complexity index is 2210. The Morgan fingerprint density at radius 1 is 0.479 bits per heavy atom. The maximum absolute atomic E-state index is 10.7. The largest absolute Gasteiger partial charge is 0.388 e. The van der Waals surface area contributed by atoms with Gasteiger partial charge in [-0.15, -0.1) is 23.5 Å². The van der Waals surface area contributed by atoms with Gasteiger partial charge in [0.15, 0.2) is 6.29 Å². The summed E-state index contributed by atoms with van der Waals surface area (Å²) in [6, 6.07) is 23.3. The molecule has 2 fully saturated rings. The second-order valence-corrected chi connectivity index (χ2v) is 29.5. The monoisotopic (exact) mass is 1050 g/mol. The van der Waals surface area contributed by atoms with Crippen LogP contribution in [0.5, 0.6) is 0 Å². The molecule has 0 aromatic heterocycles. The lowest BCUT2D eigenvalue weighted by atomic mass is 9.69. The van der Waals surface area contributed by atoms with Crippen molar-refractivity contribution in [2.24, 2.45) is 0 Å². The maximum atomic E-state index is 10.7. The number of hydrogen-bond donors (Lipinski definition) is 7. The Kier molecular flexibility index (Phi) is 19.0. The predicted octanol–water partition coefficient (Wildman–Crippen LogP) is 10.5. The fraction of sp³-hybridized carbons (Fsp3) is 0.700. The summed E-state index contributed by atoms with van der Waals surface area (Å²) in [5, 5.41) is 72.5. The lowest BCUT2D eigenvalue weighted by Crippen LogP contribution is -2.57. The third kappa shape index (κ3) is 14.7. The Labute approximate surface area is 446 Å². The molecule has 7 N–H and O–H groups in total. The van der Waals surface area contributed by atoms with Crippen LogP contribution in [-0.4, -0.2) is 130 Å². The van der Waals surface area contributed by atoms with Crippen LogP contribution < -0.4 is 0 Å². The van der Waals surface area contributed by atoms with E-state index in [1.807, 2.05) is 13.8 Å². The van der Waals surface area contributed by atoms with Gasteiger partial charge in [-0.1, -0.05) is 124 Å². The molecule has 3 aliphatic rings. The number of hydrogen-bond acceptors (Lipinski definition) is 13. The normalized spacial score (nSPS) is 28.3. The first-order valence-corrected chi connectivity index (χ1v) is 28.5. The molecule has 2 heterocycles. The van der Waals surface area contributed by atoms with E-state index in [1.165, 1.54) is 68.0 Å². The summed E-state index contributed by atoms with van der Waals surface area (Å²) in [5.74, 6) is 0. The zero-order valence-corrected chi connectivity index (χ0v) is 48.3. The van der Waals surface area contributed by atoms with E-state index in [9.17, 15) is 35.7 Å². The highest BCUT2D eigenvalue weighted by Gasteiger charge is 2.47. The number of ether oxygens (including phenoxy) is 4. The summed E-state index contributed by atoms with van der Waals surface area (Å²) in [7, 11) is 0. The standard InChI is InChI=1S/C60H92O11S2/c1-36-45(61)46(62)49(65)52(70-36)72-58(12,13)30-32-68-56(8,9)26-16-28-60(29-17-27-57(10,11)69-33-31-59(14,15)73-53-50(66)47(63)48(64)51(67)71-53)43-34-38(37-18-21-39(22-19-37)54(2,3)4)20-24-41(43)42-25-23-40(35-44(42)60)55(5,6)7/h18-25,34-36,45-53,61-67H,16-17,26-33H2,1-15H3. The predicted molar refractivity (Wildman–Crippen MR) is 297 cm³/mol. The molecule has 2 aliphatic heterocycles. The quantitative estimate of drug-likeness (QED) is 0.0537. The number of fused-ring (bicyclic) bond motifs is 3. The fourth-order valence-electron chi connectivity index (χ4n) is 10.7. The molecule has 410 valence electrons. The van der Waals surface area contributed by atoms with Crippen molar-refractivity contribution in [3.8, 4) is 22.3 Å². The van der Waals surface area contributed by atoms with Crippen LogP contribution in [0.25, 0.3) is 22.3 Å². The number of thioether (sulfide) groups is 2. The molecule has 6 rings (SSSR count). The maximum Gasteiger partial charge on any atom is 0.185 e. The molecule has 11 nitrogen and oxygen atoms in total. The molecule has 3 aromatic carbocycles. The lowest BCUT2D eigenvalue weighted by molar-refractivity contribution is -0.261. The average molecular weight is 1050 g/mol. The third-order valence-corrected chi connectivity index (χ3v) is 18.6. The van der Waals surface area contributed by atoms with Crippen LogP contribution in [0, 0.1) is 0 Å². The summed E-state index contributed by atoms with van der Waals surface area (Å²) >= 11 is 2.78. The second-order valence-electron chi connectivity index (χ2n) is 25.9. The molecule has 2 saturated heterocycles. The van der Waals surface area contributed by atoms with E-state index in [2.05, 4.69) is 144 Å². The van der Waals surface area contributed by atoms with Crippen LogP contribution in [0.4, 0.5) is 0 Å². The molecule has 3 aromatic rings. The zero-order chi connectivity index (χ0) is 54.3. The van der Waals surface area contributed by atoms with E-state index in [0.717, 1.165) is 38.5 Å². The zero-order valence-electron chi connectivity index (χ0n) is 46.7. The average Bonchev–Trinajstić information content (AvgIpc) is 3.55. The van der Waals surface area contributed by atoms with Crippen molar-refractivity contribution in [2.75, 3.05) is 13.2 Å². The van der Waals surface area contributed by atoms with Gasteiger partial charge in [-0.25, -0.2) is 0 Å². The molecule has 13 heteroatoms. The van der Waals surface area contributed by atoms with Gasteiger partial charge in [-0.05, 0) is 147 Å². The molecule has 0 amide bonds. The van der Waals surface area contributed by atoms with Gasteiger partial charge in [0.1, 0.15) is 47.5 Å². The first-order chi connectivity index (χ1) is 33.7. The first-order valence-electron chi connectivity index (χ1n) is 26.8. The molecule has 73 heavy (non-hydrogen) atoms. The third-order valence-electron chi connectivity index (χ3n) is 15.7. The van der Waals surface area contributed by atoms with Gasteiger partial charge in [0.25, 0.3) is 0 Å². The van der Waals surface area contributed by atoms with Crippen LogP contribution in [0.2, 0.25) is 0 Å². The van der Waals surface area contributed by atoms with Crippen molar-refractivity contribution >= 4 is 23.5 Å². The molecule has 11 atom stereocenters. The van der Waals surface area contributed by atoms with E-state index in [1.54, 1.807) is 6.92 Å². The van der Waals surface area contributed by atoms with Crippen LogP contribution in [0.1, 0.15) is 177 Å². The summed E-state index contributed by atoms with van der Waals surface area (Å²) in [6.45, 7) is 33.2. The van der Waals surface area contributed by atoms with Crippen molar-refractivity contribution in [2.45, 2.75) is 252 Å². The minimum Gasteiger partial charge on any atom is -0.388 e. The Morgan fingerprint density at radius 2 is 0.904 bits per heavy atom. The summed E-state index contributed by atoms with van der Waals surface area (Å²) in [4.78, 5) is 0. The van der Waals surface area contributed by atoms with E-state index in [-0.39, 0.29) is 21.0 Å². The molecule has 0 bridgehead atoms. The Hall–Kier alpha value is -2.08. The summed E-state index contributed by atoms with van der Waals surface area (Å²) in [5.41, 5.74) is 7.63. The van der Waals surface area contributed by atoms with Gasteiger partial charge in [0, 0.05) is 28.1 Å². The van der Waals surface area contributed by atoms with Crippen molar-refractivity contribution < 1.29 is 54.7 Å². The number of aliphatic hydroxyl groups excluding tert-OH is 7. The van der Waals surface area contributed by atoms with Gasteiger partial charge in [0.2, 0.25) is 0 Å². The molecule has 0 radical (unpaired) electrons. The van der Waals surface area contributed by atoms with Crippen LogP contribution in [0.3, 0.4) is 0 Å². The van der Waals surface area contributed by atoms with Crippen molar-refractivity contribution in [1.29, 1.82) is 0 Å². The highest BCUT2D eigenvalue weighted by molar-refractivity contribution is 8.01. The van der Waals surface area contributed by atoms with Gasteiger partial charge < -0.3 is 54.7 Å². The van der Waals surface area contributed by atoms with Crippen molar-refractivity contribution in [1.82, 2.24) is 0 Å². The minimum atomic E-state index is -1.58. The van der Waals surface area contributed by atoms with Gasteiger partial charge >= 0.3 is 0 Å². The summed E-state index contributed by atoms with van der Waals surface area (Å²) in [6.07, 6.45) is -3.51. The van der Waals surface area contributed by atoms with Crippen LogP contribution in [-0.2, 0) is 35.2 Å². The van der Waals surface area contributed by atoms with Crippen LogP contribution >= 0.6 is 23.5 Å². The number of rotatable bonds is 21. The molecular weight excluding hydrogens is 961 g/mol. The van der Waals surface area contributed by atoms with E-state index >= 15 is 0 Å². The van der Waals surface area contributed by atoms with Crippen LogP contribution in [0.15, 0.2) is 60.7 Å². The van der Waals surface area contributed by atoms with Crippen molar-refractivity contribution in [3.63, 3.8) is 0 Å². The first kappa shape index (κ1) is 60.2. The number of aliphatic hydroxyl groups is 7. The molecule has 11 unspecified atom stereocenters. The lowest BCUT2D eigenvalue weighted by Gasteiger charge is -2.42. The van der Waals surface area contributed by atoms with Crippen molar-refractivity contribution in [3.05, 3.63) is 82.9 Å². The van der Waals surface area contributed by atoms with Gasteiger partial charge in [-0.3, -0.25) is 0 Å². The molecular formula is C60H92O11S2. The Balaban J connectivity index is 1.23. The SMILES string of the molecule is CC1OC(SC(C)(C)CCOC(C)(C)CCCC2(CCCC(C)(C)OCCC(C)(C)SC3OC(O)C(O)C(O)C3O)c3cc(-c4ccc(C(C)(C)C)cc4)ccc3-c3ccc(C(C)(C)C)cc32)C(O)C(O)C1O. The highest BCUT2D eigenvalue weighted by Crippen LogP contribution is 2.56. The topological polar surface area (TPSA) is 179 Å². The van der Waals surface area contributed by atoms with E-state index in [4.69, 9.17) is 18.9 Å². The second kappa shape index (κ2) is 23.1. The van der Waals surface area contributed by atoms with Gasteiger partial charge in [-0.2, -0.15) is 0 Å². The van der Waals surface area contributed by atoms with E-state index < -0.39 is 75.8 Å². The van der Waals surface area contributed by atoms with E-state index in [0.29, 0.717) is 26.1 Å². The summed E-state index contributed by atoms with van der Waals surface area (Å²) < 4.78 is 24.1. The molecule has 1 aliphatic carbocycles.